The first-order valence-electron chi connectivity index (χ1n) is 8.77. The standard InChI is InChI=1S/C22H21F3O2/c1-5-21(4,27-20(26)13(2)3)19-16-9-7-6-8-15(16)18-12-14(22(23,24)25)10-11-17(18)19/h6-12,19H,2,5H2,1,3-4H3. The molecule has 0 fully saturated rings. The molecule has 0 aliphatic heterocycles. The van der Waals surface area contributed by atoms with Gasteiger partial charge >= 0.3 is 12.1 Å². The number of hydrogen-bond donors (Lipinski definition) is 0. The molecular weight excluding hydrogens is 353 g/mol. The molecule has 0 aromatic heterocycles. The Bertz CT molecular complexity index is 914. The lowest BCUT2D eigenvalue weighted by atomic mass is 9.79. The molecule has 0 amide bonds. The van der Waals surface area contributed by atoms with Crippen molar-refractivity contribution in [2.45, 2.75) is 44.9 Å². The van der Waals surface area contributed by atoms with Crippen molar-refractivity contribution >= 4 is 5.97 Å². The molecule has 2 nitrogen and oxygen atoms in total. The van der Waals surface area contributed by atoms with Crippen molar-refractivity contribution in [2.75, 3.05) is 0 Å². The van der Waals surface area contributed by atoms with E-state index in [-0.39, 0.29) is 11.5 Å². The highest BCUT2D eigenvalue weighted by Crippen LogP contribution is 2.52. The molecule has 0 N–H and O–H groups in total. The van der Waals surface area contributed by atoms with Crippen LogP contribution in [0.1, 0.15) is 49.8 Å². The highest BCUT2D eigenvalue weighted by Gasteiger charge is 2.45. The van der Waals surface area contributed by atoms with E-state index >= 15 is 0 Å². The van der Waals surface area contributed by atoms with E-state index in [1.165, 1.54) is 12.1 Å². The van der Waals surface area contributed by atoms with Gasteiger partial charge in [-0.1, -0.05) is 43.8 Å². The Hall–Kier alpha value is -2.56. The Morgan fingerprint density at radius 2 is 1.74 bits per heavy atom. The lowest BCUT2D eigenvalue weighted by molar-refractivity contribution is -0.154. The number of ether oxygens (including phenoxy) is 1. The van der Waals surface area contributed by atoms with Gasteiger partial charge in [0.2, 0.25) is 0 Å². The van der Waals surface area contributed by atoms with Crippen molar-refractivity contribution in [3.8, 4) is 11.1 Å². The fraction of sp³-hybridized carbons (Fsp3) is 0.318. The molecule has 3 rings (SSSR count). The zero-order chi connectivity index (χ0) is 20.0. The minimum Gasteiger partial charge on any atom is -0.455 e. The molecule has 2 atom stereocenters. The molecule has 1 aliphatic rings. The molecule has 2 aromatic rings. The van der Waals surface area contributed by atoms with Crippen LogP contribution in [0.2, 0.25) is 0 Å². The van der Waals surface area contributed by atoms with E-state index in [1.807, 2.05) is 32.0 Å². The van der Waals surface area contributed by atoms with Gasteiger partial charge in [-0.25, -0.2) is 4.79 Å². The zero-order valence-corrected chi connectivity index (χ0v) is 15.5. The predicted molar refractivity (Wildman–Crippen MR) is 98.3 cm³/mol. The third-order valence-electron chi connectivity index (χ3n) is 5.24. The van der Waals surface area contributed by atoms with Crippen LogP contribution in [0.4, 0.5) is 13.2 Å². The molecule has 0 heterocycles. The number of hydrogen-bond acceptors (Lipinski definition) is 2. The molecule has 0 saturated carbocycles. The van der Waals surface area contributed by atoms with Crippen molar-refractivity contribution in [3.63, 3.8) is 0 Å². The fourth-order valence-corrected chi connectivity index (χ4v) is 3.67. The SMILES string of the molecule is C=C(C)C(=O)OC(C)(CC)C1c2ccccc2-c2cc(C(F)(F)F)ccc21. The molecule has 0 radical (unpaired) electrons. The third kappa shape index (κ3) is 3.27. The average molecular weight is 374 g/mol. The van der Waals surface area contributed by atoms with Crippen LogP contribution in [0.25, 0.3) is 11.1 Å². The summed E-state index contributed by atoms with van der Waals surface area (Å²) >= 11 is 0. The van der Waals surface area contributed by atoms with Crippen LogP contribution in [0, 0.1) is 0 Å². The van der Waals surface area contributed by atoms with E-state index in [1.54, 1.807) is 13.0 Å². The molecule has 5 heteroatoms. The Morgan fingerprint density at radius 3 is 2.33 bits per heavy atom. The smallest absolute Gasteiger partial charge is 0.416 e. The molecule has 142 valence electrons. The van der Waals surface area contributed by atoms with Gasteiger partial charge in [0.25, 0.3) is 0 Å². The maximum Gasteiger partial charge on any atom is 0.416 e. The molecule has 1 aliphatic carbocycles. The van der Waals surface area contributed by atoms with E-state index in [0.29, 0.717) is 12.0 Å². The highest BCUT2D eigenvalue weighted by molar-refractivity contribution is 5.88. The minimum absolute atomic E-state index is 0.286. The van der Waals surface area contributed by atoms with E-state index in [9.17, 15) is 18.0 Å². The Balaban J connectivity index is 2.18. The number of rotatable bonds is 4. The monoisotopic (exact) mass is 374 g/mol. The van der Waals surface area contributed by atoms with Gasteiger partial charge in [0, 0.05) is 11.5 Å². The first-order chi connectivity index (χ1) is 12.6. The topological polar surface area (TPSA) is 26.3 Å². The Morgan fingerprint density at radius 1 is 1.11 bits per heavy atom. The number of carbonyl (C=O) groups excluding carboxylic acids is 1. The lowest BCUT2D eigenvalue weighted by Gasteiger charge is -2.35. The summed E-state index contributed by atoms with van der Waals surface area (Å²) in [5.41, 5.74) is 1.58. The first-order valence-corrected chi connectivity index (χ1v) is 8.77. The summed E-state index contributed by atoms with van der Waals surface area (Å²) in [5, 5.41) is 0. The number of fused-ring (bicyclic) bond motifs is 3. The maximum absolute atomic E-state index is 13.2. The van der Waals surface area contributed by atoms with Crippen molar-refractivity contribution < 1.29 is 22.7 Å². The summed E-state index contributed by atoms with van der Waals surface area (Å²) in [6.07, 6.45) is -3.91. The van der Waals surface area contributed by atoms with Crippen LogP contribution >= 0.6 is 0 Å². The van der Waals surface area contributed by atoms with E-state index < -0.39 is 23.3 Å². The van der Waals surface area contributed by atoms with E-state index in [2.05, 4.69) is 6.58 Å². The first kappa shape index (κ1) is 19.2. The quantitative estimate of drug-likeness (QED) is 0.477. The molecular formula is C22H21F3O2. The molecule has 0 spiro atoms. The van der Waals surface area contributed by atoms with E-state index in [0.717, 1.165) is 22.8 Å². The second kappa shape index (κ2) is 6.55. The molecule has 2 aromatic carbocycles. The van der Waals surface area contributed by atoms with Crippen LogP contribution in [-0.2, 0) is 15.7 Å². The summed E-state index contributed by atoms with van der Waals surface area (Å²) < 4.78 is 45.4. The van der Waals surface area contributed by atoms with Crippen LogP contribution in [0.3, 0.4) is 0 Å². The molecule has 27 heavy (non-hydrogen) atoms. The number of halogens is 3. The van der Waals surface area contributed by atoms with Crippen molar-refractivity contribution in [2.24, 2.45) is 0 Å². The van der Waals surface area contributed by atoms with Crippen molar-refractivity contribution in [1.29, 1.82) is 0 Å². The number of alkyl halides is 3. The Kier molecular flexibility index (Phi) is 4.66. The Labute approximate surface area is 156 Å². The van der Waals surface area contributed by atoms with Gasteiger partial charge in [-0.2, -0.15) is 13.2 Å². The van der Waals surface area contributed by atoms with Gasteiger partial charge < -0.3 is 4.74 Å². The lowest BCUT2D eigenvalue weighted by Crippen LogP contribution is -2.38. The summed E-state index contributed by atoms with van der Waals surface area (Å²) in [6, 6.07) is 11.1. The fourth-order valence-electron chi connectivity index (χ4n) is 3.67. The van der Waals surface area contributed by atoms with Crippen LogP contribution in [-0.4, -0.2) is 11.6 Å². The highest BCUT2D eigenvalue weighted by atomic mass is 19.4. The zero-order valence-electron chi connectivity index (χ0n) is 15.5. The average Bonchev–Trinajstić information content (AvgIpc) is 2.95. The largest absolute Gasteiger partial charge is 0.455 e. The normalized spacial score (nSPS) is 17.6. The van der Waals surface area contributed by atoms with Gasteiger partial charge in [-0.05, 0) is 54.7 Å². The van der Waals surface area contributed by atoms with Gasteiger partial charge in [-0.3, -0.25) is 0 Å². The maximum atomic E-state index is 13.2. The second-order valence-electron chi connectivity index (χ2n) is 7.16. The van der Waals surface area contributed by atoms with Crippen molar-refractivity contribution in [3.05, 3.63) is 71.3 Å². The summed E-state index contributed by atoms with van der Waals surface area (Å²) in [7, 11) is 0. The molecule has 0 saturated heterocycles. The summed E-state index contributed by atoms with van der Waals surface area (Å²) in [5.74, 6) is -0.850. The van der Waals surface area contributed by atoms with Gasteiger partial charge in [0.1, 0.15) is 5.60 Å². The number of benzene rings is 2. The van der Waals surface area contributed by atoms with Gasteiger partial charge in [-0.15, -0.1) is 0 Å². The molecule has 2 unspecified atom stereocenters. The van der Waals surface area contributed by atoms with Crippen LogP contribution < -0.4 is 0 Å². The summed E-state index contributed by atoms with van der Waals surface area (Å²) in [4.78, 5) is 12.2. The number of carbonyl (C=O) groups is 1. The number of esters is 1. The summed E-state index contributed by atoms with van der Waals surface area (Å²) in [6.45, 7) is 8.92. The minimum atomic E-state index is -4.41. The third-order valence-corrected chi connectivity index (χ3v) is 5.24. The van der Waals surface area contributed by atoms with Crippen molar-refractivity contribution in [1.82, 2.24) is 0 Å². The predicted octanol–water partition coefficient (Wildman–Crippen LogP) is 6.11. The van der Waals surface area contributed by atoms with Crippen LogP contribution in [0.15, 0.2) is 54.6 Å². The molecule has 0 bridgehead atoms. The van der Waals surface area contributed by atoms with Gasteiger partial charge in [0.05, 0.1) is 5.56 Å². The van der Waals surface area contributed by atoms with Crippen LogP contribution in [0.5, 0.6) is 0 Å². The van der Waals surface area contributed by atoms with Gasteiger partial charge in [0.15, 0.2) is 0 Å². The second-order valence-corrected chi connectivity index (χ2v) is 7.16. The van der Waals surface area contributed by atoms with E-state index in [4.69, 9.17) is 4.74 Å².